The van der Waals surface area contributed by atoms with Crippen molar-refractivity contribution in [3.8, 4) is 0 Å². The Morgan fingerprint density at radius 3 is 2.84 bits per heavy atom. The van der Waals surface area contributed by atoms with Crippen LogP contribution >= 0.6 is 0 Å². The molecule has 0 aromatic heterocycles. The first-order valence-electron chi connectivity index (χ1n) is 6.90. The van der Waals surface area contributed by atoms with Gasteiger partial charge in [-0.2, -0.15) is 0 Å². The van der Waals surface area contributed by atoms with Crippen LogP contribution in [-0.2, 0) is 14.3 Å². The maximum absolute atomic E-state index is 12.5. The van der Waals surface area contributed by atoms with Gasteiger partial charge in [0.2, 0.25) is 5.78 Å². The van der Waals surface area contributed by atoms with Crippen LogP contribution in [0.2, 0.25) is 0 Å². The van der Waals surface area contributed by atoms with E-state index in [4.69, 9.17) is 4.74 Å². The number of Topliss-reactive ketones (excluding diaryl/α,β-unsaturated/α-hetero) is 1. The SMILES string of the molecule is COC1CC2C(=O)C(=O)NC3CC[NH+](C)C(C1[O-])C32. The molecule has 3 rings (SSSR count). The minimum Gasteiger partial charge on any atom is -0.846 e. The summed E-state index contributed by atoms with van der Waals surface area (Å²) in [6.45, 7) is 0.849. The Labute approximate surface area is 112 Å². The Balaban J connectivity index is 1.97. The van der Waals surface area contributed by atoms with Crippen LogP contribution < -0.4 is 15.3 Å². The van der Waals surface area contributed by atoms with Crippen LogP contribution in [0.3, 0.4) is 0 Å². The lowest BCUT2D eigenvalue weighted by molar-refractivity contribution is -0.930. The van der Waals surface area contributed by atoms with Gasteiger partial charge < -0.3 is 20.1 Å². The van der Waals surface area contributed by atoms with Gasteiger partial charge in [0.1, 0.15) is 0 Å². The summed E-state index contributed by atoms with van der Waals surface area (Å²) < 4.78 is 5.27. The van der Waals surface area contributed by atoms with Gasteiger partial charge in [-0.3, -0.25) is 9.59 Å². The van der Waals surface area contributed by atoms with Gasteiger partial charge in [-0.15, -0.1) is 0 Å². The van der Waals surface area contributed by atoms with Crippen LogP contribution in [0.4, 0.5) is 0 Å². The molecule has 3 fully saturated rings. The second-order valence-electron chi connectivity index (χ2n) is 6.01. The van der Waals surface area contributed by atoms with Crippen LogP contribution in [0, 0.1) is 11.8 Å². The van der Waals surface area contributed by atoms with Gasteiger partial charge in [0.15, 0.2) is 0 Å². The predicted octanol–water partition coefficient (Wildman–Crippen LogP) is -3.28. The molecule has 2 aliphatic heterocycles. The molecule has 0 radical (unpaired) electrons. The highest BCUT2D eigenvalue weighted by Crippen LogP contribution is 2.37. The molecule has 0 aromatic rings. The average molecular weight is 268 g/mol. The summed E-state index contributed by atoms with van der Waals surface area (Å²) in [5.74, 6) is -1.21. The van der Waals surface area contributed by atoms with Crippen molar-refractivity contribution in [1.82, 2.24) is 5.32 Å². The van der Waals surface area contributed by atoms with E-state index in [1.165, 1.54) is 7.11 Å². The van der Waals surface area contributed by atoms with E-state index >= 15 is 0 Å². The topological polar surface area (TPSA) is 82.9 Å². The van der Waals surface area contributed by atoms with Crippen molar-refractivity contribution in [1.29, 1.82) is 0 Å². The molecule has 0 aromatic carbocycles. The van der Waals surface area contributed by atoms with Crippen LogP contribution in [0.25, 0.3) is 0 Å². The summed E-state index contributed by atoms with van der Waals surface area (Å²) in [5, 5.41) is 15.3. The number of rotatable bonds is 1. The number of hydrogen-bond donors (Lipinski definition) is 2. The third-order valence-corrected chi connectivity index (χ3v) is 5.15. The number of hydrogen-bond acceptors (Lipinski definition) is 4. The second kappa shape index (κ2) is 4.54. The van der Waals surface area contributed by atoms with Crippen molar-refractivity contribution in [3.05, 3.63) is 0 Å². The lowest BCUT2D eigenvalue weighted by atomic mass is 9.63. The standard InChI is InChI=1S/C13H19N2O4/c1-15-4-3-7-9-6(11(16)13(18)14-7)5-8(19-2)12(17)10(9)15/h6-10,12H,3-5H2,1-2H3,(H,14,18)/q-1/p+1. The van der Waals surface area contributed by atoms with Crippen molar-refractivity contribution < 1.29 is 24.3 Å². The fourth-order valence-electron chi connectivity index (χ4n) is 4.21. The number of amides is 1. The Bertz CT molecular complexity index is 413. The molecule has 6 heteroatoms. The molecule has 106 valence electrons. The van der Waals surface area contributed by atoms with Crippen LogP contribution in [0.5, 0.6) is 0 Å². The Hall–Kier alpha value is -0.980. The molecule has 2 heterocycles. The Morgan fingerprint density at radius 1 is 1.42 bits per heavy atom. The van der Waals surface area contributed by atoms with E-state index in [-0.39, 0.29) is 29.7 Å². The minimum atomic E-state index is -0.822. The van der Waals surface area contributed by atoms with Crippen molar-refractivity contribution in [2.75, 3.05) is 20.7 Å². The maximum Gasteiger partial charge on any atom is 0.287 e. The van der Waals surface area contributed by atoms with Gasteiger partial charge in [0, 0.05) is 31.4 Å². The quantitative estimate of drug-likeness (QED) is 0.489. The monoisotopic (exact) mass is 268 g/mol. The molecule has 7 unspecified atom stereocenters. The third kappa shape index (κ3) is 1.81. The molecule has 2 saturated heterocycles. The smallest absolute Gasteiger partial charge is 0.287 e. The molecular weight excluding hydrogens is 248 g/mol. The molecule has 1 saturated carbocycles. The summed E-state index contributed by atoms with van der Waals surface area (Å²) >= 11 is 0. The molecule has 0 bridgehead atoms. The normalized spacial score (nSPS) is 49.5. The molecule has 7 atom stereocenters. The third-order valence-electron chi connectivity index (χ3n) is 5.15. The number of ether oxygens (including phenoxy) is 1. The summed E-state index contributed by atoms with van der Waals surface area (Å²) in [5.41, 5.74) is 0. The number of nitrogens with one attached hydrogen (secondary N) is 2. The second-order valence-corrected chi connectivity index (χ2v) is 6.01. The zero-order valence-corrected chi connectivity index (χ0v) is 11.2. The van der Waals surface area contributed by atoms with Crippen LogP contribution in [0.15, 0.2) is 0 Å². The van der Waals surface area contributed by atoms with Crippen molar-refractivity contribution in [3.63, 3.8) is 0 Å². The number of piperidine rings is 2. The van der Waals surface area contributed by atoms with Gasteiger partial charge in [-0.05, 0) is 12.5 Å². The van der Waals surface area contributed by atoms with Crippen molar-refractivity contribution >= 4 is 11.7 Å². The number of methoxy groups -OCH3 is 1. The van der Waals surface area contributed by atoms with Gasteiger partial charge in [-0.1, -0.05) is 0 Å². The average Bonchev–Trinajstić information content (AvgIpc) is 2.40. The zero-order valence-electron chi connectivity index (χ0n) is 11.2. The van der Waals surface area contributed by atoms with Crippen LogP contribution in [-0.4, -0.2) is 56.7 Å². The van der Waals surface area contributed by atoms with E-state index in [2.05, 4.69) is 5.32 Å². The number of ketones is 1. The van der Waals surface area contributed by atoms with Crippen molar-refractivity contribution in [2.45, 2.75) is 37.1 Å². The first-order chi connectivity index (χ1) is 9.04. The molecule has 2 N–H and O–H groups in total. The number of quaternary nitrogens is 1. The Morgan fingerprint density at radius 2 is 2.16 bits per heavy atom. The molecule has 0 spiro atoms. The summed E-state index contributed by atoms with van der Waals surface area (Å²) in [6, 6.07) is -0.162. The molecule has 3 aliphatic rings. The van der Waals surface area contributed by atoms with E-state index in [0.717, 1.165) is 17.9 Å². The largest absolute Gasteiger partial charge is 0.846 e. The summed E-state index contributed by atoms with van der Waals surface area (Å²) in [6.07, 6.45) is -0.0546. The lowest BCUT2D eigenvalue weighted by Gasteiger charge is -2.56. The van der Waals surface area contributed by atoms with Crippen molar-refractivity contribution in [2.24, 2.45) is 11.8 Å². The highest BCUT2D eigenvalue weighted by molar-refractivity contribution is 6.37. The predicted molar refractivity (Wildman–Crippen MR) is 63.3 cm³/mol. The number of likely N-dealkylation sites (tertiary alicyclic amines) is 1. The fourth-order valence-corrected chi connectivity index (χ4v) is 4.21. The van der Waals surface area contributed by atoms with Gasteiger partial charge >= 0.3 is 0 Å². The van der Waals surface area contributed by atoms with Crippen LogP contribution in [0.1, 0.15) is 12.8 Å². The Kier molecular flexibility index (Phi) is 3.11. The minimum absolute atomic E-state index is 0.0156. The first kappa shape index (κ1) is 13.0. The molecule has 19 heavy (non-hydrogen) atoms. The maximum atomic E-state index is 12.5. The van der Waals surface area contributed by atoms with E-state index in [1.54, 1.807) is 0 Å². The number of carbonyl (C=O) groups excluding carboxylic acids is 2. The van der Waals surface area contributed by atoms with Gasteiger partial charge in [-0.25, -0.2) is 0 Å². The molecule has 1 aliphatic carbocycles. The lowest BCUT2D eigenvalue weighted by Crippen LogP contribution is -3.18. The number of likely N-dealkylation sites (N-methyl/N-ethyl adjacent to an activating group) is 1. The molecule has 6 nitrogen and oxygen atoms in total. The van der Waals surface area contributed by atoms with Gasteiger partial charge in [0.05, 0.1) is 25.7 Å². The molecular formula is C13H20N2O4. The number of carbonyl (C=O) groups is 2. The van der Waals surface area contributed by atoms with Gasteiger partial charge in [0.25, 0.3) is 5.91 Å². The first-order valence-corrected chi connectivity index (χ1v) is 6.90. The summed E-state index contributed by atoms with van der Waals surface area (Å²) in [7, 11) is 3.51. The zero-order chi connectivity index (χ0) is 13.7. The van der Waals surface area contributed by atoms with E-state index in [9.17, 15) is 14.7 Å². The summed E-state index contributed by atoms with van der Waals surface area (Å²) in [4.78, 5) is 25.0. The molecule has 1 amide bonds. The van der Waals surface area contributed by atoms with E-state index in [0.29, 0.717) is 6.42 Å². The van der Waals surface area contributed by atoms with E-state index in [1.807, 2.05) is 7.05 Å². The van der Waals surface area contributed by atoms with E-state index < -0.39 is 18.1 Å². The highest BCUT2D eigenvalue weighted by Gasteiger charge is 2.56. The highest BCUT2D eigenvalue weighted by atomic mass is 16.5. The fraction of sp³-hybridized carbons (Fsp3) is 0.846.